The van der Waals surface area contributed by atoms with Crippen LogP contribution in [0.2, 0.25) is 10.0 Å². The first kappa shape index (κ1) is 34.3. The quantitative estimate of drug-likeness (QED) is 0.138. The molecular formula is C32H38Cl2N4O4S. The number of nitrogens with one attached hydrogen (secondary N) is 3. The Morgan fingerprint density at radius 1 is 0.837 bits per heavy atom. The zero-order valence-electron chi connectivity index (χ0n) is 24.4. The summed E-state index contributed by atoms with van der Waals surface area (Å²) in [5.41, 5.74) is 1.52. The number of rotatable bonds is 12. The Morgan fingerprint density at radius 3 is 1.86 bits per heavy atom. The molecule has 0 spiro atoms. The molecule has 3 atom stereocenters. The molecule has 0 radical (unpaired) electrons. The van der Waals surface area contributed by atoms with Gasteiger partial charge in [0, 0.05) is 23.1 Å². The van der Waals surface area contributed by atoms with Crippen LogP contribution in [-0.4, -0.2) is 51.9 Å². The van der Waals surface area contributed by atoms with Gasteiger partial charge in [0.2, 0.25) is 5.91 Å². The molecule has 0 heterocycles. The molecule has 3 aromatic rings. The number of amides is 4. The summed E-state index contributed by atoms with van der Waals surface area (Å²) in [4.78, 5) is 41.6. The van der Waals surface area contributed by atoms with Gasteiger partial charge >= 0.3 is 6.03 Å². The lowest BCUT2D eigenvalue weighted by Crippen LogP contribution is -2.60. The number of carbonyl (C=O) groups excluding carboxylic acids is 3. The van der Waals surface area contributed by atoms with Crippen molar-refractivity contribution in [3.8, 4) is 0 Å². The summed E-state index contributed by atoms with van der Waals surface area (Å²) < 4.78 is 0. The molecule has 0 bridgehead atoms. The maximum Gasteiger partial charge on any atom is 0.315 e. The minimum Gasteiger partial charge on any atom is -0.381 e. The summed E-state index contributed by atoms with van der Waals surface area (Å²) in [6.45, 7) is 5.78. The first-order valence-corrected chi connectivity index (χ1v) is 15.2. The fourth-order valence-electron chi connectivity index (χ4n) is 4.69. The Morgan fingerprint density at radius 2 is 1.35 bits per heavy atom. The summed E-state index contributed by atoms with van der Waals surface area (Å²) in [6, 6.07) is 20.9. The fourth-order valence-corrected chi connectivity index (χ4v) is 5.40. The average molecular weight is 646 g/mol. The van der Waals surface area contributed by atoms with Gasteiger partial charge in [-0.1, -0.05) is 111 Å². The van der Waals surface area contributed by atoms with Crippen LogP contribution in [0.4, 0.5) is 4.79 Å². The molecule has 3 rings (SSSR count). The monoisotopic (exact) mass is 644 g/mol. The maximum absolute atomic E-state index is 13.9. The highest BCUT2D eigenvalue weighted by molar-refractivity contribution is 7.80. The van der Waals surface area contributed by atoms with E-state index < -0.39 is 41.4 Å². The van der Waals surface area contributed by atoms with E-state index in [2.05, 4.69) is 28.6 Å². The fraction of sp³-hybridized carbons (Fsp3) is 0.344. The number of nitrogens with zero attached hydrogens (tertiary/aromatic N) is 1. The van der Waals surface area contributed by atoms with Crippen molar-refractivity contribution >= 4 is 53.7 Å². The number of benzene rings is 3. The third-order valence-corrected chi connectivity index (χ3v) is 7.92. The molecule has 0 fully saturated rings. The van der Waals surface area contributed by atoms with E-state index in [4.69, 9.17) is 23.2 Å². The molecule has 0 aliphatic rings. The van der Waals surface area contributed by atoms with Crippen molar-refractivity contribution in [3.63, 3.8) is 0 Å². The van der Waals surface area contributed by atoms with Crippen molar-refractivity contribution in [2.75, 3.05) is 5.88 Å². The SMILES string of the molecule is CC(C)(C)C(C(=O)NCc1ccccc1Cl)N(CS)C(=O)C(O)C(Cc1ccccc1)NC(=O)NCc1ccccc1Cl. The summed E-state index contributed by atoms with van der Waals surface area (Å²) in [5.74, 6) is -1.31. The van der Waals surface area contributed by atoms with Crippen molar-refractivity contribution in [2.45, 2.75) is 58.5 Å². The summed E-state index contributed by atoms with van der Waals surface area (Å²) in [6.07, 6.45) is -1.52. The van der Waals surface area contributed by atoms with Gasteiger partial charge < -0.3 is 26.0 Å². The van der Waals surface area contributed by atoms with Crippen molar-refractivity contribution in [2.24, 2.45) is 5.41 Å². The number of aliphatic hydroxyl groups excluding tert-OH is 1. The molecule has 0 aliphatic heterocycles. The lowest BCUT2D eigenvalue weighted by atomic mass is 9.84. The summed E-state index contributed by atoms with van der Waals surface area (Å²) in [7, 11) is 0. The molecule has 3 aromatic carbocycles. The first-order valence-electron chi connectivity index (χ1n) is 13.8. The van der Waals surface area contributed by atoms with Gasteiger partial charge in [0.05, 0.1) is 11.9 Å². The minimum atomic E-state index is -1.68. The van der Waals surface area contributed by atoms with Crippen LogP contribution < -0.4 is 16.0 Å². The van der Waals surface area contributed by atoms with Gasteiger partial charge in [0.1, 0.15) is 6.04 Å². The molecule has 11 heteroatoms. The molecule has 43 heavy (non-hydrogen) atoms. The molecule has 3 unspecified atom stereocenters. The molecule has 0 aromatic heterocycles. The number of halogens is 2. The topological polar surface area (TPSA) is 111 Å². The highest BCUT2D eigenvalue weighted by Gasteiger charge is 2.42. The van der Waals surface area contributed by atoms with E-state index in [1.54, 1.807) is 36.4 Å². The predicted octanol–water partition coefficient (Wildman–Crippen LogP) is 5.21. The van der Waals surface area contributed by atoms with E-state index in [0.717, 1.165) is 11.1 Å². The Kier molecular flexibility index (Phi) is 12.7. The molecule has 230 valence electrons. The zero-order chi connectivity index (χ0) is 31.6. The van der Waals surface area contributed by atoms with Crippen molar-refractivity contribution in [3.05, 3.63) is 106 Å². The Labute approximate surface area is 268 Å². The van der Waals surface area contributed by atoms with Gasteiger partial charge in [-0.2, -0.15) is 12.6 Å². The molecule has 4 N–H and O–H groups in total. The van der Waals surface area contributed by atoms with Crippen LogP contribution in [0.1, 0.15) is 37.5 Å². The van der Waals surface area contributed by atoms with E-state index in [1.165, 1.54) is 4.90 Å². The number of thiol groups is 1. The number of urea groups is 1. The van der Waals surface area contributed by atoms with E-state index in [1.807, 2.05) is 63.2 Å². The second-order valence-electron chi connectivity index (χ2n) is 11.2. The van der Waals surface area contributed by atoms with E-state index in [-0.39, 0.29) is 25.4 Å². The van der Waals surface area contributed by atoms with Crippen LogP contribution in [0.3, 0.4) is 0 Å². The van der Waals surface area contributed by atoms with Gasteiger partial charge in [0.25, 0.3) is 5.91 Å². The van der Waals surface area contributed by atoms with Gasteiger partial charge in [-0.3, -0.25) is 9.59 Å². The molecule has 0 saturated heterocycles. The smallest absolute Gasteiger partial charge is 0.315 e. The third kappa shape index (κ3) is 9.89. The molecule has 8 nitrogen and oxygen atoms in total. The second kappa shape index (κ2) is 16.0. The third-order valence-electron chi connectivity index (χ3n) is 6.87. The van der Waals surface area contributed by atoms with Crippen LogP contribution in [0.5, 0.6) is 0 Å². The zero-order valence-corrected chi connectivity index (χ0v) is 26.8. The lowest BCUT2D eigenvalue weighted by molar-refractivity contribution is -0.150. The number of hydrogen-bond donors (Lipinski definition) is 5. The van der Waals surface area contributed by atoms with Crippen LogP contribution in [-0.2, 0) is 29.1 Å². The molecular weight excluding hydrogens is 607 g/mol. The van der Waals surface area contributed by atoms with Gasteiger partial charge in [0.15, 0.2) is 6.10 Å². The summed E-state index contributed by atoms with van der Waals surface area (Å²) in [5, 5.41) is 20.8. The van der Waals surface area contributed by atoms with Gasteiger partial charge in [-0.05, 0) is 40.7 Å². The Bertz CT molecular complexity index is 1390. The van der Waals surface area contributed by atoms with Crippen molar-refractivity contribution in [1.29, 1.82) is 0 Å². The van der Waals surface area contributed by atoms with E-state index in [0.29, 0.717) is 15.6 Å². The number of aliphatic hydroxyl groups is 1. The molecule has 4 amide bonds. The summed E-state index contributed by atoms with van der Waals surface area (Å²) >= 11 is 16.8. The number of hydrogen-bond acceptors (Lipinski definition) is 5. The van der Waals surface area contributed by atoms with E-state index >= 15 is 0 Å². The lowest BCUT2D eigenvalue weighted by Gasteiger charge is -2.40. The highest BCUT2D eigenvalue weighted by Crippen LogP contribution is 2.27. The van der Waals surface area contributed by atoms with Gasteiger partial charge in [-0.25, -0.2) is 4.79 Å². The van der Waals surface area contributed by atoms with E-state index in [9.17, 15) is 19.5 Å². The highest BCUT2D eigenvalue weighted by atomic mass is 35.5. The first-order chi connectivity index (χ1) is 20.4. The van der Waals surface area contributed by atoms with Crippen LogP contribution in [0.15, 0.2) is 78.9 Å². The normalized spacial score (nSPS) is 13.4. The molecule has 0 saturated carbocycles. The van der Waals surface area contributed by atoms with Crippen LogP contribution >= 0.6 is 35.8 Å². The Hall–Kier alpha value is -3.24. The van der Waals surface area contributed by atoms with Crippen LogP contribution in [0.25, 0.3) is 0 Å². The number of carbonyl (C=O) groups is 3. The average Bonchev–Trinajstić information content (AvgIpc) is 2.97. The van der Waals surface area contributed by atoms with Crippen molar-refractivity contribution in [1.82, 2.24) is 20.9 Å². The van der Waals surface area contributed by atoms with Gasteiger partial charge in [-0.15, -0.1) is 0 Å². The van der Waals surface area contributed by atoms with Crippen molar-refractivity contribution < 1.29 is 19.5 Å². The van der Waals surface area contributed by atoms with Crippen LogP contribution in [0, 0.1) is 5.41 Å². The largest absolute Gasteiger partial charge is 0.381 e. The molecule has 0 aliphatic carbocycles. The Balaban J connectivity index is 1.80. The minimum absolute atomic E-state index is 0.145. The second-order valence-corrected chi connectivity index (χ2v) is 12.3. The predicted molar refractivity (Wildman–Crippen MR) is 174 cm³/mol. The maximum atomic E-state index is 13.9. The standard InChI is InChI=1S/C32H38Cl2N4O4S/c1-32(2,3)28(29(40)35-18-22-13-7-9-15-24(22)33)38(20-43)30(41)27(39)26(17-21-11-5-4-6-12-21)37-31(42)36-19-23-14-8-10-16-25(23)34/h4-16,26-28,39,43H,17-20H2,1-3H3,(H,35,40)(H2,36,37,42).